The first-order valence-corrected chi connectivity index (χ1v) is 8.05. The standard InChI is InChI=1S/C18H23NO5/c1-3-13-8-7-11-15(19-18(21)22)17(20)23-12(2)16(13)24-14-9-5-4-6-10-14/h3-6,9-10,12-13,15-16,19H,1,7-8,11H2,2H3,(H,21,22)/t12-,13-,15-,16-/m0/s1. The third-order valence-corrected chi connectivity index (χ3v) is 4.12. The minimum absolute atomic E-state index is 0.00316. The Morgan fingerprint density at radius 1 is 1.38 bits per heavy atom. The van der Waals surface area contributed by atoms with E-state index in [1.54, 1.807) is 6.92 Å². The molecule has 1 aromatic carbocycles. The number of nitrogens with one attached hydrogen (secondary N) is 1. The number of esters is 1. The lowest BCUT2D eigenvalue weighted by Crippen LogP contribution is -2.44. The van der Waals surface area contributed by atoms with Crippen LogP contribution in [-0.4, -0.2) is 35.4 Å². The first kappa shape index (κ1) is 17.8. The van der Waals surface area contributed by atoms with Gasteiger partial charge >= 0.3 is 12.1 Å². The van der Waals surface area contributed by atoms with Crippen molar-refractivity contribution in [1.82, 2.24) is 5.32 Å². The minimum Gasteiger partial charge on any atom is -0.486 e. The Balaban J connectivity index is 2.17. The summed E-state index contributed by atoms with van der Waals surface area (Å²) in [5.41, 5.74) is 0. The second kappa shape index (κ2) is 8.38. The fourth-order valence-corrected chi connectivity index (χ4v) is 2.89. The van der Waals surface area contributed by atoms with Gasteiger partial charge in [-0.25, -0.2) is 9.59 Å². The van der Waals surface area contributed by atoms with Crippen LogP contribution in [0.4, 0.5) is 4.79 Å². The second-order valence-electron chi connectivity index (χ2n) is 5.87. The number of para-hydroxylation sites is 1. The van der Waals surface area contributed by atoms with Gasteiger partial charge in [-0.05, 0) is 31.9 Å². The number of cyclic esters (lactones) is 1. The Morgan fingerprint density at radius 2 is 2.08 bits per heavy atom. The predicted molar refractivity (Wildman–Crippen MR) is 88.9 cm³/mol. The SMILES string of the molecule is C=C[C@H]1CCC[C@H](NC(=O)O)C(=O)O[C@@H](C)[C@@H]1Oc1ccccc1. The molecular weight excluding hydrogens is 310 g/mol. The van der Waals surface area contributed by atoms with Gasteiger partial charge in [0, 0.05) is 5.92 Å². The average molecular weight is 333 g/mol. The van der Waals surface area contributed by atoms with Gasteiger partial charge in [0.2, 0.25) is 0 Å². The maximum Gasteiger partial charge on any atom is 0.405 e. The average Bonchev–Trinajstić information content (AvgIpc) is 2.60. The van der Waals surface area contributed by atoms with Gasteiger partial charge in [0.05, 0.1) is 0 Å². The molecule has 6 nitrogen and oxygen atoms in total. The van der Waals surface area contributed by atoms with Crippen LogP contribution in [-0.2, 0) is 9.53 Å². The Labute approximate surface area is 141 Å². The summed E-state index contributed by atoms with van der Waals surface area (Å²) in [7, 11) is 0. The Kier molecular flexibility index (Phi) is 6.23. The van der Waals surface area contributed by atoms with Crippen molar-refractivity contribution in [3.8, 4) is 5.75 Å². The van der Waals surface area contributed by atoms with Gasteiger partial charge in [-0.1, -0.05) is 30.7 Å². The van der Waals surface area contributed by atoms with Gasteiger partial charge in [-0.2, -0.15) is 0 Å². The fraction of sp³-hybridized carbons (Fsp3) is 0.444. The molecule has 24 heavy (non-hydrogen) atoms. The molecule has 1 saturated heterocycles. The highest BCUT2D eigenvalue weighted by atomic mass is 16.6. The summed E-state index contributed by atoms with van der Waals surface area (Å²) < 4.78 is 11.5. The molecule has 1 aliphatic rings. The zero-order valence-electron chi connectivity index (χ0n) is 13.7. The largest absolute Gasteiger partial charge is 0.486 e. The molecule has 0 saturated carbocycles. The molecular formula is C18H23NO5. The molecule has 1 amide bonds. The van der Waals surface area contributed by atoms with Crippen LogP contribution in [0.5, 0.6) is 5.75 Å². The van der Waals surface area contributed by atoms with Crippen LogP contribution in [0, 0.1) is 5.92 Å². The monoisotopic (exact) mass is 333 g/mol. The second-order valence-corrected chi connectivity index (χ2v) is 5.87. The van der Waals surface area contributed by atoms with Gasteiger partial charge in [-0.15, -0.1) is 6.58 Å². The van der Waals surface area contributed by atoms with E-state index in [4.69, 9.17) is 14.6 Å². The number of hydrogen-bond acceptors (Lipinski definition) is 4. The Bertz CT molecular complexity index is 574. The molecule has 0 aliphatic carbocycles. The van der Waals surface area contributed by atoms with Gasteiger partial charge < -0.3 is 19.9 Å². The maximum atomic E-state index is 12.2. The summed E-state index contributed by atoms with van der Waals surface area (Å²) >= 11 is 0. The first-order chi connectivity index (χ1) is 11.5. The minimum atomic E-state index is -1.23. The molecule has 0 aromatic heterocycles. The topological polar surface area (TPSA) is 84.9 Å². The molecule has 1 fully saturated rings. The van der Waals surface area contributed by atoms with E-state index in [9.17, 15) is 9.59 Å². The van der Waals surface area contributed by atoms with Crippen molar-refractivity contribution in [2.75, 3.05) is 0 Å². The highest BCUT2D eigenvalue weighted by Crippen LogP contribution is 2.26. The molecule has 6 heteroatoms. The smallest absolute Gasteiger partial charge is 0.405 e. The van der Waals surface area contributed by atoms with Crippen LogP contribution in [0.15, 0.2) is 43.0 Å². The number of rotatable bonds is 4. The molecule has 2 rings (SSSR count). The third-order valence-electron chi connectivity index (χ3n) is 4.12. The van der Waals surface area contributed by atoms with Crippen molar-refractivity contribution in [2.45, 2.75) is 44.4 Å². The molecule has 0 bridgehead atoms. The number of carboxylic acid groups (broad SMARTS) is 1. The molecule has 4 atom stereocenters. The van der Waals surface area contributed by atoms with Crippen molar-refractivity contribution in [3.63, 3.8) is 0 Å². The molecule has 2 N–H and O–H groups in total. The molecule has 130 valence electrons. The van der Waals surface area contributed by atoms with Crippen molar-refractivity contribution in [1.29, 1.82) is 0 Å². The van der Waals surface area contributed by atoms with Crippen LogP contribution >= 0.6 is 0 Å². The zero-order chi connectivity index (χ0) is 17.5. The highest BCUT2D eigenvalue weighted by molar-refractivity contribution is 5.80. The number of benzene rings is 1. The van der Waals surface area contributed by atoms with Crippen molar-refractivity contribution in [3.05, 3.63) is 43.0 Å². The lowest BCUT2D eigenvalue weighted by Gasteiger charge is -2.29. The Hall–Kier alpha value is -2.50. The van der Waals surface area contributed by atoms with E-state index in [0.29, 0.717) is 18.6 Å². The van der Waals surface area contributed by atoms with Crippen LogP contribution < -0.4 is 10.1 Å². The van der Waals surface area contributed by atoms with E-state index in [0.717, 1.165) is 6.42 Å². The predicted octanol–water partition coefficient (Wildman–Crippen LogP) is 2.99. The van der Waals surface area contributed by atoms with Gasteiger partial charge in [0.1, 0.15) is 24.0 Å². The maximum absolute atomic E-state index is 12.2. The van der Waals surface area contributed by atoms with Crippen LogP contribution in [0.3, 0.4) is 0 Å². The number of amides is 1. The van der Waals surface area contributed by atoms with Gasteiger partial charge in [0.15, 0.2) is 0 Å². The van der Waals surface area contributed by atoms with Crippen LogP contribution in [0.1, 0.15) is 26.2 Å². The first-order valence-electron chi connectivity index (χ1n) is 8.05. The van der Waals surface area contributed by atoms with Gasteiger partial charge in [-0.3, -0.25) is 0 Å². The summed E-state index contributed by atoms with van der Waals surface area (Å²) in [4.78, 5) is 23.1. The highest BCUT2D eigenvalue weighted by Gasteiger charge is 2.34. The molecule has 0 spiro atoms. The molecule has 1 heterocycles. The fourth-order valence-electron chi connectivity index (χ4n) is 2.89. The zero-order valence-corrected chi connectivity index (χ0v) is 13.7. The third kappa shape index (κ3) is 4.75. The molecule has 1 aliphatic heterocycles. The lowest BCUT2D eigenvalue weighted by molar-refractivity contribution is -0.155. The van der Waals surface area contributed by atoms with E-state index < -0.39 is 24.2 Å². The summed E-state index contributed by atoms with van der Waals surface area (Å²) in [6.07, 6.45) is 1.46. The quantitative estimate of drug-likeness (QED) is 0.653. The lowest BCUT2D eigenvalue weighted by atomic mass is 9.92. The van der Waals surface area contributed by atoms with E-state index in [2.05, 4.69) is 11.9 Å². The summed E-state index contributed by atoms with van der Waals surface area (Å²) in [5.74, 6) is 0.115. The van der Waals surface area contributed by atoms with Crippen molar-refractivity contribution >= 4 is 12.1 Å². The van der Waals surface area contributed by atoms with E-state index in [1.807, 2.05) is 36.4 Å². The van der Waals surface area contributed by atoms with Crippen molar-refractivity contribution < 1.29 is 24.2 Å². The Morgan fingerprint density at radius 3 is 2.71 bits per heavy atom. The number of ether oxygens (including phenoxy) is 2. The van der Waals surface area contributed by atoms with E-state index >= 15 is 0 Å². The summed E-state index contributed by atoms with van der Waals surface area (Å²) in [5, 5.41) is 11.1. The van der Waals surface area contributed by atoms with Crippen LogP contribution in [0.2, 0.25) is 0 Å². The summed E-state index contributed by atoms with van der Waals surface area (Å²) in [6.45, 7) is 5.62. The number of hydrogen-bond donors (Lipinski definition) is 2. The van der Waals surface area contributed by atoms with E-state index in [-0.39, 0.29) is 12.0 Å². The molecule has 0 radical (unpaired) electrons. The molecule has 0 unspecified atom stereocenters. The number of carbonyl (C=O) groups excluding carboxylic acids is 1. The normalized spacial score (nSPS) is 27.8. The van der Waals surface area contributed by atoms with E-state index in [1.165, 1.54) is 0 Å². The van der Waals surface area contributed by atoms with Crippen molar-refractivity contribution in [2.24, 2.45) is 5.92 Å². The number of carbonyl (C=O) groups is 2. The van der Waals surface area contributed by atoms with Crippen LogP contribution in [0.25, 0.3) is 0 Å². The molecule has 1 aromatic rings. The summed E-state index contributed by atoms with van der Waals surface area (Å²) in [6, 6.07) is 8.47. The van der Waals surface area contributed by atoms with Gasteiger partial charge in [0.25, 0.3) is 0 Å².